The van der Waals surface area contributed by atoms with E-state index >= 15 is 0 Å². The Kier molecular flexibility index (Phi) is 3.60. The molecule has 22 heavy (non-hydrogen) atoms. The Morgan fingerprint density at radius 3 is 2.77 bits per heavy atom. The molecule has 0 aliphatic rings. The molecule has 1 aromatic carbocycles. The Morgan fingerprint density at radius 2 is 2.09 bits per heavy atom. The van der Waals surface area contributed by atoms with E-state index in [0.29, 0.717) is 22.3 Å². The van der Waals surface area contributed by atoms with Gasteiger partial charge in [0.05, 0.1) is 25.3 Å². The van der Waals surface area contributed by atoms with E-state index in [-0.39, 0.29) is 10.9 Å². The molecule has 0 unspecified atom stereocenters. The zero-order valence-electron chi connectivity index (χ0n) is 11.7. The second-order valence-corrected chi connectivity index (χ2v) is 5.10. The molecule has 3 rings (SSSR count). The van der Waals surface area contributed by atoms with Gasteiger partial charge in [0.2, 0.25) is 5.88 Å². The highest BCUT2D eigenvalue weighted by atomic mass is 32.1. The fourth-order valence-electron chi connectivity index (χ4n) is 2.07. The average Bonchev–Trinajstić information content (AvgIpc) is 2.97. The van der Waals surface area contributed by atoms with E-state index < -0.39 is 5.97 Å². The Morgan fingerprint density at radius 1 is 1.27 bits per heavy atom. The van der Waals surface area contributed by atoms with E-state index in [2.05, 4.69) is 14.3 Å². The van der Waals surface area contributed by atoms with Crippen LogP contribution in [-0.4, -0.2) is 39.6 Å². The summed E-state index contributed by atoms with van der Waals surface area (Å²) in [6, 6.07) is 5.53. The van der Waals surface area contributed by atoms with Gasteiger partial charge >= 0.3 is 12.0 Å². The molecule has 0 atom stereocenters. The highest BCUT2D eigenvalue weighted by Gasteiger charge is 2.16. The van der Waals surface area contributed by atoms with E-state index in [0.717, 1.165) is 17.1 Å². The molecular formula is C14H11N3O4S. The molecule has 1 N–H and O–H groups in total. The van der Waals surface area contributed by atoms with Gasteiger partial charge in [-0.15, -0.1) is 0 Å². The van der Waals surface area contributed by atoms with Gasteiger partial charge in [0.25, 0.3) is 0 Å². The molecule has 0 bridgehead atoms. The largest absolute Gasteiger partial charge is 0.480 e. The van der Waals surface area contributed by atoms with Gasteiger partial charge in [0.1, 0.15) is 4.88 Å². The fourth-order valence-corrected chi connectivity index (χ4v) is 2.75. The highest BCUT2D eigenvalue weighted by Crippen LogP contribution is 2.32. The molecule has 3 aromatic rings. The number of hydrogen-bond acceptors (Lipinski definition) is 7. The lowest BCUT2D eigenvalue weighted by molar-refractivity contribution is 0.0704. The molecule has 2 heterocycles. The number of rotatable bonds is 4. The summed E-state index contributed by atoms with van der Waals surface area (Å²) in [7, 11) is 2.97. The van der Waals surface area contributed by atoms with Crippen molar-refractivity contribution in [2.45, 2.75) is 0 Å². The van der Waals surface area contributed by atoms with Crippen molar-refractivity contribution in [1.29, 1.82) is 0 Å². The molecule has 112 valence electrons. The van der Waals surface area contributed by atoms with Gasteiger partial charge in [-0.25, -0.2) is 9.78 Å². The Bertz CT molecular complexity index is 862. The number of fused-ring (bicyclic) bond motifs is 1. The number of nitrogens with zero attached hydrogens (tertiary/aromatic N) is 3. The molecule has 0 radical (unpaired) electrons. The second kappa shape index (κ2) is 5.57. The zero-order valence-corrected chi connectivity index (χ0v) is 12.5. The summed E-state index contributed by atoms with van der Waals surface area (Å²) in [4.78, 5) is 19.6. The average molecular weight is 317 g/mol. The molecule has 2 aromatic heterocycles. The molecule has 8 heteroatoms. The number of aromatic carboxylic acids is 1. The predicted octanol–water partition coefficient (Wildman–Crippen LogP) is 2.47. The summed E-state index contributed by atoms with van der Waals surface area (Å²) in [6.45, 7) is 0. The second-order valence-electron chi connectivity index (χ2n) is 4.33. The summed E-state index contributed by atoms with van der Waals surface area (Å²) in [5, 5.41) is 9.78. The van der Waals surface area contributed by atoms with Crippen molar-refractivity contribution in [3.05, 3.63) is 29.3 Å². The molecule has 0 aliphatic heterocycles. The van der Waals surface area contributed by atoms with Crippen LogP contribution in [0.15, 0.2) is 24.4 Å². The lowest BCUT2D eigenvalue weighted by Crippen LogP contribution is -1.97. The van der Waals surface area contributed by atoms with E-state index in [1.54, 1.807) is 18.3 Å². The maximum atomic E-state index is 11.2. The molecule has 0 fully saturated rings. The van der Waals surface area contributed by atoms with E-state index in [1.165, 1.54) is 14.2 Å². The van der Waals surface area contributed by atoms with Crippen molar-refractivity contribution in [1.82, 2.24) is 14.3 Å². The fraction of sp³-hybridized carbons (Fsp3) is 0.143. The maximum Gasteiger partial charge on any atom is 0.348 e. The molecule has 0 aliphatic carbocycles. The third-order valence-corrected chi connectivity index (χ3v) is 3.95. The van der Waals surface area contributed by atoms with E-state index in [9.17, 15) is 9.90 Å². The number of carbonyl (C=O) groups is 1. The highest BCUT2D eigenvalue weighted by molar-refractivity contribution is 7.09. The Labute approximate surface area is 129 Å². The van der Waals surface area contributed by atoms with Crippen molar-refractivity contribution < 1.29 is 19.4 Å². The first kappa shape index (κ1) is 14.2. The van der Waals surface area contributed by atoms with Crippen LogP contribution in [0.5, 0.6) is 11.9 Å². The summed E-state index contributed by atoms with van der Waals surface area (Å²) in [5.41, 5.74) is 2.03. The first-order valence-corrected chi connectivity index (χ1v) is 6.99. The molecule has 0 saturated heterocycles. The molecule has 0 amide bonds. The predicted molar refractivity (Wildman–Crippen MR) is 80.7 cm³/mol. The summed E-state index contributed by atoms with van der Waals surface area (Å²) in [5.74, 6) is -0.645. The first-order chi connectivity index (χ1) is 10.6. The minimum atomic E-state index is -0.998. The molecule has 0 spiro atoms. The summed E-state index contributed by atoms with van der Waals surface area (Å²) >= 11 is 0.959. The first-order valence-electron chi connectivity index (χ1n) is 6.22. The standard InChI is InChI=1S/C14H11N3O4S/c1-20-12-9(6-15-14(16-12)21-2)7-3-4-10-8(5-7)11(13(18)19)22-17-10/h3-6H,1-2H3,(H,18,19). The number of carboxylic acid groups (broad SMARTS) is 1. The summed E-state index contributed by atoms with van der Waals surface area (Å²) in [6.07, 6.45) is 1.58. The van der Waals surface area contributed by atoms with Gasteiger partial charge in [0.15, 0.2) is 0 Å². The van der Waals surface area contributed by atoms with Gasteiger partial charge in [-0.1, -0.05) is 6.07 Å². The van der Waals surface area contributed by atoms with Gasteiger partial charge < -0.3 is 14.6 Å². The van der Waals surface area contributed by atoms with Crippen molar-refractivity contribution >= 4 is 28.4 Å². The van der Waals surface area contributed by atoms with Crippen LogP contribution in [0.3, 0.4) is 0 Å². The molecule has 7 nitrogen and oxygen atoms in total. The monoisotopic (exact) mass is 317 g/mol. The number of benzene rings is 1. The zero-order chi connectivity index (χ0) is 15.7. The minimum absolute atomic E-state index is 0.199. The van der Waals surface area contributed by atoms with Crippen LogP contribution in [0.4, 0.5) is 0 Å². The van der Waals surface area contributed by atoms with E-state index in [1.807, 2.05) is 6.07 Å². The van der Waals surface area contributed by atoms with Crippen molar-refractivity contribution in [3.8, 4) is 23.0 Å². The van der Waals surface area contributed by atoms with Crippen LogP contribution < -0.4 is 9.47 Å². The number of methoxy groups -OCH3 is 2. The molecular weight excluding hydrogens is 306 g/mol. The van der Waals surface area contributed by atoms with Crippen LogP contribution in [0.25, 0.3) is 22.0 Å². The van der Waals surface area contributed by atoms with Gasteiger partial charge in [-0.3, -0.25) is 0 Å². The minimum Gasteiger partial charge on any atom is -0.480 e. The number of aromatic nitrogens is 3. The van der Waals surface area contributed by atoms with Crippen LogP contribution in [0.2, 0.25) is 0 Å². The van der Waals surface area contributed by atoms with Crippen LogP contribution >= 0.6 is 11.5 Å². The molecule has 0 saturated carbocycles. The summed E-state index contributed by atoms with van der Waals surface area (Å²) < 4.78 is 14.3. The quantitative estimate of drug-likeness (QED) is 0.789. The van der Waals surface area contributed by atoms with Crippen molar-refractivity contribution in [2.24, 2.45) is 0 Å². The number of hydrogen-bond donors (Lipinski definition) is 1. The normalized spacial score (nSPS) is 10.6. The van der Waals surface area contributed by atoms with Gasteiger partial charge in [-0.05, 0) is 29.2 Å². The lowest BCUT2D eigenvalue weighted by Gasteiger charge is -2.08. The van der Waals surface area contributed by atoms with Crippen molar-refractivity contribution in [3.63, 3.8) is 0 Å². The topological polar surface area (TPSA) is 94.4 Å². The maximum absolute atomic E-state index is 11.2. The Hall–Kier alpha value is -2.74. The SMILES string of the molecule is COc1ncc(-c2ccc3nsc(C(=O)O)c3c2)c(OC)n1. The van der Waals surface area contributed by atoms with Crippen LogP contribution in [-0.2, 0) is 0 Å². The third kappa shape index (κ3) is 2.33. The van der Waals surface area contributed by atoms with Crippen LogP contribution in [0, 0.1) is 0 Å². The van der Waals surface area contributed by atoms with E-state index in [4.69, 9.17) is 9.47 Å². The number of carboxylic acids is 1. The van der Waals surface area contributed by atoms with Gasteiger partial charge in [-0.2, -0.15) is 9.36 Å². The number of ether oxygens (including phenoxy) is 2. The smallest absolute Gasteiger partial charge is 0.348 e. The van der Waals surface area contributed by atoms with Gasteiger partial charge in [0, 0.05) is 11.6 Å². The third-order valence-electron chi connectivity index (χ3n) is 3.09. The Balaban J connectivity index is 2.17. The lowest BCUT2D eigenvalue weighted by atomic mass is 10.1. The van der Waals surface area contributed by atoms with Crippen LogP contribution in [0.1, 0.15) is 9.67 Å². The van der Waals surface area contributed by atoms with Crippen molar-refractivity contribution in [2.75, 3.05) is 14.2 Å².